The second-order valence-corrected chi connectivity index (χ2v) is 47.2. The third-order valence-electron chi connectivity index (χ3n) is 29.1. The molecule has 11 heteroatoms. The minimum absolute atomic E-state index is 0.00109. The van der Waals surface area contributed by atoms with Crippen molar-refractivity contribution in [1.82, 2.24) is 0 Å². The molecule has 0 N–H and O–H groups in total. The predicted octanol–water partition coefficient (Wildman–Crippen LogP) is 27.4. The zero-order valence-corrected chi connectivity index (χ0v) is 73.8. The van der Waals surface area contributed by atoms with Crippen LogP contribution in [0.3, 0.4) is 0 Å². The molecule has 0 radical (unpaired) electrons. The van der Waals surface area contributed by atoms with Crippen molar-refractivity contribution in [2.24, 2.45) is 0 Å². The quantitative estimate of drug-likeness (QED) is 0.160. The molecule has 580 valence electrons. The molecule has 0 amide bonds. The monoisotopic (exact) mass is 1620 g/mol. The van der Waals surface area contributed by atoms with Crippen molar-refractivity contribution in [1.29, 1.82) is 0 Å². The van der Waals surface area contributed by atoms with Crippen LogP contribution >= 0.6 is 34.0 Å². The summed E-state index contributed by atoms with van der Waals surface area (Å²) in [6.07, 6.45) is 2.30. The van der Waals surface area contributed by atoms with E-state index in [-0.39, 0.29) is 35.4 Å². The standard InChI is InChI=1S/C109H90B2N4OS3Si/c1-105(2,3)65-45-48-80(71(55-65)61-29-17-15-18-30-61)112-84-60-90-93(68-33-21-24-39-87(68)117-90)94-70-36-27-38-86-99(70)115(111(98(84)94)103-101(112)69-34-22-25-40-88(69)118-103)83-54-64(44-50-85(83)116-86)63-43-47-77-73(53-63)74-57-75-67-35-28-42-92-100(67)114(82-37-23-26-41-91(82)120(92,13)14)110-96(75)102(95(74)109(77,11)12)113(81-49-46-66(106(4,5)6)56-72(81)62-31-19-16-20-32-62)104-97(110)76-58-78-79(59-89(76)119-104)108(9,10)52-51-107(78,7)8/h15-50,53-60H,51-52H2,1-14H3. The first-order valence-corrected chi connectivity index (χ1v) is 48.5. The van der Waals surface area contributed by atoms with Crippen molar-refractivity contribution < 1.29 is 4.74 Å². The van der Waals surface area contributed by atoms with Crippen molar-refractivity contribution in [2.75, 3.05) is 19.4 Å². The molecule has 0 saturated carbocycles. The SMILES string of the molecule is CC(C)(C)c1ccc(N2c3sc4cc5c(cc4c3B3c4c(cc6c(c42)C(C)(C)c2ccc(-c4ccc7c(c4)N4B8c9sc%10ccccc%10c9N(c9ccc(C(C)(C)C)cc9-c9ccccc9)c9cc%10sc%11ccccc%11c%10c(c98)-c8cccc(c84)O7)cc2-6)-c2cccc4c2N3c2ccccc2[Si]4(C)C)C(C)(C)CCC5(C)C)c(-c2ccccc2)c1. The Morgan fingerprint density at radius 1 is 0.358 bits per heavy atom. The number of hydrogen-bond acceptors (Lipinski definition) is 8. The highest BCUT2D eigenvalue weighted by atomic mass is 32.1. The summed E-state index contributed by atoms with van der Waals surface area (Å²) in [5.74, 6) is 1.73. The highest BCUT2D eigenvalue weighted by Crippen LogP contribution is 2.64. The normalized spacial score (nSPS) is 16.4. The van der Waals surface area contributed by atoms with E-state index in [1.54, 1.807) is 0 Å². The van der Waals surface area contributed by atoms with E-state index in [1.807, 2.05) is 34.0 Å². The Kier molecular flexibility index (Phi) is 14.4. The maximum Gasteiger partial charge on any atom is 0.343 e. The molecule has 8 aliphatic rings. The van der Waals surface area contributed by atoms with Crippen molar-refractivity contribution in [3.8, 4) is 78.3 Å². The van der Waals surface area contributed by atoms with Crippen LogP contribution in [0.2, 0.25) is 13.1 Å². The summed E-state index contributed by atoms with van der Waals surface area (Å²) in [6.45, 7) is 34.1. The van der Waals surface area contributed by atoms with Crippen molar-refractivity contribution in [2.45, 2.75) is 136 Å². The topological polar surface area (TPSA) is 22.2 Å². The smallest absolute Gasteiger partial charge is 0.343 e. The van der Waals surface area contributed by atoms with Crippen LogP contribution < -0.4 is 55.7 Å². The van der Waals surface area contributed by atoms with Crippen LogP contribution in [-0.4, -0.2) is 21.8 Å². The molecule has 0 bridgehead atoms. The van der Waals surface area contributed by atoms with Gasteiger partial charge >= 0.3 is 13.7 Å². The minimum Gasteiger partial charge on any atom is -0.453 e. The molecule has 2 aliphatic carbocycles. The molecule has 0 spiro atoms. The maximum atomic E-state index is 7.47. The van der Waals surface area contributed by atoms with Gasteiger partial charge in [-0.05, 0) is 236 Å². The van der Waals surface area contributed by atoms with Gasteiger partial charge in [-0.3, -0.25) is 0 Å². The van der Waals surface area contributed by atoms with Crippen molar-refractivity contribution in [3.63, 3.8) is 0 Å². The number of thiophene rings is 3. The van der Waals surface area contributed by atoms with Gasteiger partial charge in [0.05, 0.1) is 33.4 Å². The first kappa shape index (κ1) is 71.5. The molecule has 5 nitrogen and oxygen atoms in total. The van der Waals surface area contributed by atoms with Gasteiger partial charge in [0.1, 0.15) is 13.8 Å². The van der Waals surface area contributed by atoms with Crippen LogP contribution in [0.1, 0.15) is 129 Å². The van der Waals surface area contributed by atoms with Crippen LogP contribution in [-0.2, 0) is 27.1 Å². The summed E-state index contributed by atoms with van der Waals surface area (Å²) in [5.41, 5.74) is 37.9. The lowest BCUT2D eigenvalue weighted by atomic mass is 9.43. The largest absolute Gasteiger partial charge is 0.453 e. The molecule has 0 atom stereocenters. The first-order chi connectivity index (χ1) is 57.8. The van der Waals surface area contributed by atoms with E-state index in [1.165, 1.54) is 211 Å². The van der Waals surface area contributed by atoms with Crippen LogP contribution in [0.25, 0.3) is 107 Å². The van der Waals surface area contributed by atoms with E-state index >= 15 is 0 Å². The van der Waals surface area contributed by atoms with Gasteiger partial charge in [-0.15, -0.1) is 34.0 Å². The number of rotatable bonds is 5. The van der Waals surface area contributed by atoms with E-state index in [0.29, 0.717) is 0 Å². The molecule has 0 saturated heterocycles. The highest BCUT2D eigenvalue weighted by molar-refractivity contribution is 7.33. The molecule has 6 aliphatic heterocycles. The van der Waals surface area contributed by atoms with Crippen LogP contribution in [0.15, 0.2) is 267 Å². The second-order valence-electron chi connectivity index (χ2n) is 39.6. The number of hydrogen-bond donors (Lipinski definition) is 0. The second kappa shape index (κ2) is 24.2. The molecule has 0 fully saturated rings. The van der Waals surface area contributed by atoms with Gasteiger partial charge in [0.2, 0.25) is 0 Å². The molecule has 3 aromatic heterocycles. The van der Waals surface area contributed by atoms with E-state index in [0.717, 1.165) is 41.3 Å². The van der Waals surface area contributed by atoms with Crippen LogP contribution in [0.5, 0.6) is 11.5 Å². The van der Waals surface area contributed by atoms with Gasteiger partial charge in [-0.25, -0.2) is 0 Å². The third kappa shape index (κ3) is 9.55. The van der Waals surface area contributed by atoms with Crippen LogP contribution in [0, 0.1) is 0 Å². The molecule has 0 unspecified atom stereocenters. The lowest BCUT2D eigenvalue weighted by Crippen LogP contribution is -2.68. The summed E-state index contributed by atoms with van der Waals surface area (Å²) in [7, 11) is -2.32. The number of benzene rings is 14. The average molecular weight is 1620 g/mol. The molecule has 9 heterocycles. The number of anilines is 10. The average Bonchev–Trinajstić information content (AvgIpc) is 1.36. The molecular weight excluding hydrogens is 1530 g/mol. The van der Waals surface area contributed by atoms with Gasteiger partial charge in [0, 0.05) is 90.2 Å². The lowest BCUT2D eigenvalue weighted by Gasteiger charge is -2.51. The molecule has 14 aromatic carbocycles. The number of para-hydroxylation sites is 3. The minimum atomic E-state index is -2.32. The summed E-state index contributed by atoms with van der Waals surface area (Å²) in [4.78, 5) is 11.1. The molecular formula is C109H90B2N4OS3Si. The van der Waals surface area contributed by atoms with E-state index in [4.69, 9.17) is 4.74 Å². The van der Waals surface area contributed by atoms with Gasteiger partial charge in [0.15, 0.2) is 5.75 Å². The Morgan fingerprint density at radius 3 is 1.68 bits per heavy atom. The Labute approximate surface area is 717 Å². The predicted molar refractivity (Wildman–Crippen MR) is 521 cm³/mol. The van der Waals surface area contributed by atoms with Crippen LogP contribution in [0.4, 0.5) is 56.2 Å². The van der Waals surface area contributed by atoms with Crippen molar-refractivity contribution in [3.05, 3.63) is 300 Å². The fourth-order valence-electron chi connectivity index (χ4n) is 23.0. The Morgan fingerprint density at radius 2 is 0.967 bits per heavy atom. The third-order valence-corrected chi connectivity index (χ3v) is 36.1. The van der Waals surface area contributed by atoms with Gasteiger partial charge in [-0.2, -0.15) is 0 Å². The lowest BCUT2D eigenvalue weighted by molar-refractivity contribution is 0.332. The van der Waals surface area contributed by atoms with Gasteiger partial charge < -0.3 is 24.2 Å². The summed E-state index contributed by atoms with van der Waals surface area (Å²) < 4.78 is 14.0. The summed E-state index contributed by atoms with van der Waals surface area (Å²) >= 11 is 5.90. The zero-order valence-electron chi connectivity index (χ0n) is 70.4. The zero-order chi connectivity index (χ0) is 81.2. The number of nitrogens with zero attached hydrogens (tertiary/aromatic N) is 4. The first-order valence-electron chi connectivity index (χ1n) is 43.1. The van der Waals surface area contributed by atoms with E-state index < -0.39 is 13.5 Å². The Hall–Kier alpha value is -11.4. The Bertz CT molecular complexity index is 7470. The van der Waals surface area contributed by atoms with Gasteiger partial charge in [0.25, 0.3) is 0 Å². The number of fused-ring (bicyclic) bond motifs is 25. The Balaban J connectivity index is 0.738. The van der Waals surface area contributed by atoms with Gasteiger partial charge in [-0.1, -0.05) is 272 Å². The molecule has 17 aromatic rings. The van der Waals surface area contributed by atoms with E-state index in [2.05, 4.69) is 383 Å². The molecule has 25 rings (SSSR count). The van der Waals surface area contributed by atoms with E-state index in [9.17, 15) is 0 Å². The summed E-state index contributed by atoms with van der Waals surface area (Å²) in [5, 5.41) is 9.56. The summed E-state index contributed by atoms with van der Waals surface area (Å²) in [6, 6.07) is 105. The fourth-order valence-corrected chi connectivity index (χ4v) is 29.7. The van der Waals surface area contributed by atoms with Crippen molar-refractivity contribution >= 4 is 184 Å². The number of ether oxygens (including phenoxy) is 1. The maximum absolute atomic E-state index is 7.47. The fraction of sp³-hybridized carbons (Fsp3) is 0.193. The molecule has 120 heavy (non-hydrogen) atoms. The highest BCUT2D eigenvalue weighted by Gasteiger charge is 2.57.